The molecular formula is C14H30N2O2S. The normalized spacial score (nSPS) is 23.4. The van der Waals surface area contributed by atoms with Crippen LogP contribution in [0.25, 0.3) is 0 Å². The quantitative estimate of drug-likeness (QED) is 0.745. The molecule has 0 amide bonds. The van der Waals surface area contributed by atoms with Gasteiger partial charge in [0, 0.05) is 19.1 Å². The van der Waals surface area contributed by atoms with Gasteiger partial charge in [0.1, 0.15) is 0 Å². The first-order chi connectivity index (χ1) is 8.97. The maximum atomic E-state index is 11.6. The summed E-state index contributed by atoms with van der Waals surface area (Å²) in [5.41, 5.74) is 0. The number of piperidine rings is 1. The number of hydrogen-bond donors (Lipinski definition) is 1. The lowest BCUT2D eigenvalue weighted by Crippen LogP contribution is -2.39. The van der Waals surface area contributed by atoms with E-state index in [2.05, 4.69) is 19.2 Å². The molecule has 1 aliphatic rings. The number of hydrogen-bond acceptors (Lipinski definition) is 3. The second kappa shape index (κ2) is 8.22. The van der Waals surface area contributed by atoms with Gasteiger partial charge in [-0.05, 0) is 44.6 Å². The number of nitrogens with one attached hydrogen (secondary N) is 1. The van der Waals surface area contributed by atoms with Crippen molar-refractivity contribution in [1.29, 1.82) is 0 Å². The van der Waals surface area contributed by atoms with Crippen LogP contribution < -0.4 is 5.32 Å². The van der Waals surface area contributed by atoms with Crippen molar-refractivity contribution in [3.05, 3.63) is 0 Å². The van der Waals surface area contributed by atoms with Crippen molar-refractivity contribution >= 4 is 10.0 Å². The van der Waals surface area contributed by atoms with Crippen molar-refractivity contribution in [1.82, 2.24) is 9.62 Å². The summed E-state index contributed by atoms with van der Waals surface area (Å²) >= 11 is 0. The third-order valence-corrected chi connectivity index (χ3v) is 5.27. The van der Waals surface area contributed by atoms with Gasteiger partial charge in [0.25, 0.3) is 0 Å². The highest BCUT2D eigenvalue weighted by Crippen LogP contribution is 2.23. The summed E-state index contributed by atoms with van der Waals surface area (Å²) < 4.78 is 24.8. The van der Waals surface area contributed by atoms with Gasteiger partial charge in [-0.2, -0.15) is 0 Å². The standard InChI is InChI=1S/C14H30N2O2S/c1-4-7-14(15-5-2)10-9-13-8-6-11-16(12-13)19(3,17)18/h13-15H,4-12H2,1-3H3. The minimum atomic E-state index is -3.00. The van der Waals surface area contributed by atoms with Gasteiger partial charge in [-0.15, -0.1) is 0 Å². The van der Waals surface area contributed by atoms with Crippen LogP contribution in [0.2, 0.25) is 0 Å². The third-order valence-electron chi connectivity index (χ3n) is 4.00. The zero-order valence-corrected chi connectivity index (χ0v) is 13.5. The molecule has 0 aromatic carbocycles. The Bertz CT molecular complexity index is 337. The van der Waals surface area contributed by atoms with Crippen LogP contribution in [0.3, 0.4) is 0 Å². The van der Waals surface area contributed by atoms with E-state index in [1.807, 2.05) is 0 Å². The topological polar surface area (TPSA) is 49.4 Å². The van der Waals surface area contributed by atoms with Gasteiger partial charge in [-0.1, -0.05) is 20.3 Å². The molecule has 0 bridgehead atoms. The van der Waals surface area contributed by atoms with E-state index in [1.165, 1.54) is 31.9 Å². The highest BCUT2D eigenvalue weighted by molar-refractivity contribution is 7.88. The Kier molecular flexibility index (Phi) is 7.32. The van der Waals surface area contributed by atoms with Crippen molar-refractivity contribution < 1.29 is 8.42 Å². The first kappa shape index (κ1) is 16.9. The van der Waals surface area contributed by atoms with Crippen LogP contribution in [0.4, 0.5) is 0 Å². The summed E-state index contributed by atoms with van der Waals surface area (Å²) in [7, 11) is -3.00. The molecule has 0 aromatic heterocycles. The van der Waals surface area contributed by atoms with E-state index in [9.17, 15) is 8.42 Å². The van der Waals surface area contributed by atoms with Crippen molar-refractivity contribution in [2.45, 2.75) is 58.4 Å². The molecule has 1 aliphatic heterocycles. The number of nitrogens with zero attached hydrogens (tertiary/aromatic N) is 1. The summed E-state index contributed by atoms with van der Waals surface area (Å²) in [4.78, 5) is 0. The molecule has 2 unspecified atom stereocenters. The van der Waals surface area contributed by atoms with E-state index in [4.69, 9.17) is 0 Å². The molecule has 19 heavy (non-hydrogen) atoms. The monoisotopic (exact) mass is 290 g/mol. The minimum Gasteiger partial charge on any atom is -0.314 e. The molecule has 1 saturated heterocycles. The fraction of sp³-hybridized carbons (Fsp3) is 1.00. The Balaban J connectivity index is 2.39. The summed E-state index contributed by atoms with van der Waals surface area (Å²) in [6, 6.07) is 0.601. The second-order valence-corrected chi connectivity index (χ2v) is 7.73. The predicted molar refractivity (Wildman–Crippen MR) is 80.7 cm³/mol. The Morgan fingerprint density at radius 2 is 2.05 bits per heavy atom. The molecule has 0 saturated carbocycles. The Morgan fingerprint density at radius 1 is 1.32 bits per heavy atom. The van der Waals surface area contributed by atoms with Gasteiger partial charge >= 0.3 is 0 Å². The van der Waals surface area contributed by atoms with Gasteiger partial charge in [0.05, 0.1) is 6.26 Å². The number of sulfonamides is 1. The minimum absolute atomic E-state index is 0.543. The Morgan fingerprint density at radius 3 is 2.63 bits per heavy atom. The Hall–Kier alpha value is -0.130. The Labute approximate surface area is 119 Å². The van der Waals surface area contributed by atoms with E-state index in [0.717, 1.165) is 25.9 Å². The molecule has 114 valence electrons. The molecule has 0 aliphatic carbocycles. The molecule has 5 heteroatoms. The van der Waals surface area contributed by atoms with Crippen LogP contribution in [-0.2, 0) is 10.0 Å². The van der Waals surface area contributed by atoms with Crippen LogP contribution in [0.5, 0.6) is 0 Å². The van der Waals surface area contributed by atoms with E-state index in [-0.39, 0.29) is 0 Å². The van der Waals surface area contributed by atoms with Crippen molar-refractivity contribution in [2.24, 2.45) is 5.92 Å². The molecule has 0 aromatic rings. The fourth-order valence-corrected chi connectivity index (χ4v) is 3.93. The molecule has 1 heterocycles. The lowest BCUT2D eigenvalue weighted by Gasteiger charge is -2.31. The highest BCUT2D eigenvalue weighted by Gasteiger charge is 2.26. The molecule has 1 N–H and O–H groups in total. The van der Waals surface area contributed by atoms with Gasteiger partial charge in [-0.25, -0.2) is 12.7 Å². The van der Waals surface area contributed by atoms with Crippen molar-refractivity contribution in [2.75, 3.05) is 25.9 Å². The van der Waals surface area contributed by atoms with Gasteiger partial charge in [0.15, 0.2) is 0 Å². The smallest absolute Gasteiger partial charge is 0.211 e. The summed E-state index contributed by atoms with van der Waals surface area (Å²) in [6.45, 7) is 6.82. The van der Waals surface area contributed by atoms with E-state index >= 15 is 0 Å². The van der Waals surface area contributed by atoms with Crippen LogP contribution >= 0.6 is 0 Å². The average molecular weight is 290 g/mol. The van der Waals surface area contributed by atoms with Gasteiger partial charge in [0.2, 0.25) is 10.0 Å². The second-order valence-electron chi connectivity index (χ2n) is 5.75. The summed E-state index contributed by atoms with van der Waals surface area (Å²) in [5.74, 6) is 0.543. The zero-order chi connectivity index (χ0) is 14.3. The van der Waals surface area contributed by atoms with Crippen LogP contribution in [-0.4, -0.2) is 44.7 Å². The maximum Gasteiger partial charge on any atom is 0.211 e. The van der Waals surface area contributed by atoms with Gasteiger partial charge < -0.3 is 5.32 Å². The first-order valence-corrected chi connectivity index (χ1v) is 9.50. The van der Waals surface area contributed by atoms with Crippen molar-refractivity contribution in [3.63, 3.8) is 0 Å². The molecule has 2 atom stereocenters. The lowest BCUT2D eigenvalue weighted by molar-refractivity contribution is 0.245. The highest BCUT2D eigenvalue weighted by atomic mass is 32.2. The molecule has 1 rings (SSSR count). The SMILES string of the molecule is CCCC(CCC1CCCN(S(C)(=O)=O)C1)NCC. The van der Waals surface area contributed by atoms with Crippen molar-refractivity contribution in [3.8, 4) is 0 Å². The molecule has 0 radical (unpaired) electrons. The molecule has 0 spiro atoms. The maximum absolute atomic E-state index is 11.6. The largest absolute Gasteiger partial charge is 0.314 e. The summed E-state index contributed by atoms with van der Waals surface area (Å²) in [6.07, 6.45) is 8.25. The van der Waals surface area contributed by atoms with Crippen LogP contribution in [0.1, 0.15) is 52.4 Å². The van der Waals surface area contributed by atoms with Crippen LogP contribution in [0.15, 0.2) is 0 Å². The summed E-state index contributed by atoms with van der Waals surface area (Å²) in [5, 5.41) is 3.53. The van der Waals surface area contributed by atoms with Gasteiger partial charge in [-0.3, -0.25) is 0 Å². The lowest BCUT2D eigenvalue weighted by atomic mass is 9.92. The number of rotatable bonds is 8. The van der Waals surface area contributed by atoms with E-state index < -0.39 is 10.0 Å². The fourth-order valence-electron chi connectivity index (χ4n) is 2.99. The van der Waals surface area contributed by atoms with Crippen LogP contribution in [0, 0.1) is 5.92 Å². The molecule has 4 nitrogen and oxygen atoms in total. The average Bonchev–Trinajstić information content (AvgIpc) is 2.36. The predicted octanol–water partition coefficient (Wildman–Crippen LogP) is 2.22. The molecular weight excluding hydrogens is 260 g/mol. The third kappa shape index (κ3) is 6.23. The van der Waals surface area contributed by atoms with E-state index in [1.54, 1.807) is 4.31 Å². The zero-order valence-electron chi connectivity index (χ0n) is 12.7. The molecule has 1 fully saturated rings. The van der Waals surface area contributed by atoms with E-state index in [0.29, 0.717) is 18.5 Å². The first-order valence-electron chi connectivity index (χ1n) is 7.65.